The topological polar surface area (TPSA) is 0 Å². The molecule has 0 heterocycles. The molecule has 0 spiro atoms. The second-order valence-electron chi connectivity index (χ2n) is 3.52. The first-order chi connectivity index (χ1) is 6.36. The van der Waals surface area contributed by atoms with E-state index in [-0.39, 0.29) is 5.38 Å². The van der Waals surface area contributed by atoms with E-state index in [4.69, 9.17) is 11.6 Å². The van der Waals surface area contributed by atoms with Crippen molar-refractivity contribution in [3.63, 3.8) is 0 Å². The van der Waals surface area contributed by atoms with Crippen molar-refractivity contribution in [1.29, 1.82) is 0 Å². The smallest absolute Gasteiger partial charge is 0.0521 e. The summed E-state index contributed by atoms with van der Waals surface area (Å²) in [4.78, 5) is 0. The Morgan fingerprint density at radius 2 is 1.92 bits per heavy atom. The Labute approximate surface area is 84.2 Å². The van der Waals surface area contributed by atoms with E-state index in [2.05, 4.69) is 42.5 Å². The van der Waals surface area contributed by atoms with Crippen LogP contribution in [0, 0.1) is 0 Å². The highest BCUT2D eigenvalue weighted by atomic mass is 35.5. The predicted octanol–water partition coefficient (Wildman–Crippen LogP) is 3.73. The summed E-state index contributed by atoms with van der Waals surface area (Å²) in [6.07, 6.45) is 6.50. The van der Waals surface area contributed by atoms with E-state index in [1.165, 1.54) is 5.56 Å². The lowest BCUT2D eigenvalue weighted by atomic mass is 9.88. The van der Waals surface area contributed by atoms with Crippen molar-refractivity contribution in [3.8, 4) is 0 Å². The van der Waals surface area contributed by atoms with Gasteiger partial charge in [-0.1, -0.05) is 42.5 Å². The zero-order chi connectivity index (χ0) is 9.10. The Bertz CT molecular complexity index is 289. The zero-order valence-electron chi connectivity index (χ0n) is 7.49. The van der Waals surface area contributed by atoms with E-state index < -0.39 is 0 Å². The summed E-state index contributed by atoms with van der Waals surface area (Å²) in [7, 11) is 0. The number of alkyl halides is 1. The third kappa shape index (κ3) is 2.13. The van der Waals surface area contributed by atoms with Crippen LogP contribution in [0.1, 0.15) is 24.3 Å². The Kier molecular flexibility index (Phi) is 2.70. The molecular weight excluding hydrogens is 180 g/mol. The van der Waals surface area contributed by atoms with Crippen molar-refractivity contribution < 1.29 is 0 Å². The van der Waals surface area contributed by atoms with Gasteiger partial charge in [0.2, 0.25) is 0 Å². The van der Waals surface area contributed by atoms with Crippen molar-refractivity contribution in [1.82, 2.24) is 0 Å². The normalized spacial score (nSPS) is 27.5. The highest BCUT2D eigenvalue weighted by Gasteiger charge is 2.16. The molecule has 0 saturated carbocycles. The van der Waals surface area contributed by atoms with E-state index >= 15 is 0 Å². The van der Waals surface area contributed by atoms with Gasteiger partial charge in [-0.15, -0.1) is 11.6 Å². The largest absolute Gasteiger partial charge is 0.118 e. The summed E-state index contributed by atoms with van der Waals surface area (Å²) in [5.74, 6) is 0.619. The van der Waals surface area contributed by atoms with E-state index in [0.717, 1.165) is 12.8 Å². The highest BCUT2D eigenvalue weighted by molar-refractivity contribution is 6.21. The summed E-state index contributed by atoms with van der Waals surface area (Å²) in [5, 5.41) is 0.221. The maximum Gasteiger partial charge on any atom is 0.0521 e. The highest BCUT2D eigenvalue weighted by Crippen LogP contribution is 2.30. The van der Waals surface area contributed by atoms with Crippen LogP contribution >= 0.6 is 11.6 Å². The van der Waals surface area contributed by atoms with E-state index in [9.17, 15) is 0 Å². The first-order valence-electron chi connectivity index (χ1n) is 4.72. The molecule has 2 atom stereocenters. The lowest BCUT2D eigenvalue weighted by molar-refractivity contribution is 0.621. The van der Waals surface area contributed by atoms with Crippen LogP contribution in [-0.2, 0) is 0 Å². The Morgan fingerprint density at radius 1 is 1.15 bits per heavy atom. The molecule has 0 N–H and O–H groups in total. The van der Waals surface area contributed by atoms with Crippen LogP contribution in [0.25, 0.3) is 0 Å². The maximum atomic E-state index is 6.07. The fraction of sp³-hybridized carbons (Fsp3) is 0.333. The molecule has 1 aliphatic rings. The van der Waals surface area contributed by atoms with Gasteiger partial charge in [0.15, 0.2) is 0 Å². The molecule has 68 valence electrons. The minimum absolute atomic E-state index is 0.221. The Morgan fingerprint density at radius 3 is 2.62 bits per heavy atom. The van der Waals surface area contributed by atoms with Crippen molar-refractivity contribution >= 4 is 11.6 Å². The molecule has 13 heavy (non-hydrogen) atoms. The second-order valence-corrected chi connectivity index (χ2v) is 4.08. The van der Waals surface area contributed by atoms with Crippen LogP contribution in [0.15, 0.2) is 42.5 Å². The third-order valence-corrected chi connectivity index (χ3v) is 2.87. The van der Waals surface area contributed by atoms with Crippen molar-refractivity contribution in [2.24, 2.45) is 0 Å². The Balaban J connectivity index is 2.15. The van der Waals surface area contributed by atoms with Gasteiger partial charge < -0.3 is 0 Å². The van der Waals surface area contributed by atoms with Gasteiger partial charge in [-0.3, -0.25) is 0 Å². The third-order valence-electron chi connectivity index (χ3n) is 2.55. The van der Waals surface area contributed by atoms with Crippen molar-refractivity contribution in [2.75, 3.05) is 0 Å². The van der Waals surface area contributed by atoms with Gasteiger partial charge in [0.1, 0.15) is 0 Å². The van der Waals surface area contributed by atoms with Crippen LogP contribution in [-0.4, -0.2) is 5.38 Å². The SMILES string of the molecule is Cl[C@@H]1C=CC[C@H](c2ccccc2)C1. The molecule has 0 fully saturated rings. The van der Waals surface area contributed by atoms with Crippen molar-refractivity contribution in [3.05, 3.63) is 48.0 Å². The van der Waals surface area contributed by atoms with Gasteiger partial charge in [0, 0.05) is 0 Å². The lowest BCUT2D eigenvalue weighted by Gasteiger charge is -2.21. The van der Waals surface area contributed by atoms with Crippen LogP contribution in [0.5, 0.6) is 0 Å². The van der Waals surface area contributed by atoms with Crippen LogP contribution in [0.4, 0.5) is 0 Å². The number of hydrogen-bond donors (Lipinski definition) is 0. The fourth-order valence-corrected chi connectivity index (χ4v) is 2.15. The molecule has 0 saturated heterocycles. The molecule has 0 aliphatic heterocycles. The second kappa shape index (κ2) is 3.97. The van der Waals surface area contributed by atoms with Gasteiger partial charge >= 0.3 is 0 Å². The molecule has 1 heteroatoms. The standard InChI is InChI=1S/C12H13Cl/c13-12-8-4-7-11(9-12)10-5-2-1-3-6-10/h1-6,8,11-12H,7,9H2/t11-,12+/m0/s1. The number of halogens is 1. The molecule has 0 bridgehead atoms. The quantitative estimate of drug-likeness (QED) is 0.470. The summed E-state index contributed by atoms with van der Waals surface area (Å²) < 4.78 is 0. The molecule has 1 aromatic rings. The molecule has 0 radical (unpaired) electrons. The van der Waals surface area contributed by atoms with E-state index in [0.29, 0.717) is 5.92 Å². The lowest BCUT2D eigenvalue weighted by Crippen LogP contribution is -2.09. The van der Waals surface area contributed by atoms with Gasteiger partial charge in [0.05, 0.1) is 5.38 Å². The van der Waals surface area contributed by atoms with Crippen LogP contribution in [0.3, 0.4) is 0 Å². The maximum absolute atomic E-state index is 6.07. The van der Waals surface area contributed by atoms with E-state index in [1.807, 2.05) is 0 Å². The summed E-state index contributed by atoms with van der Waals surface area (Å²) in [5.41, 5.74) is 1.41. The molecular formula is C12H13Cl. The van der Waals surface area contributed by atoms with Gasteiger partial charge in [-0.05, 0) is 24.3 Å². The molecule has 1 aliphatic carbocycles. The van der Waals surface area contributed by atoms with Gasteiger partial charge in [-0.25, -0.2) is 0 Å². The molecule has 0 amide bonds. The average Bonchev–Trinajstić information content (AvgIpc) is 2.19. The number of rotatable bonds is 1. The van der Waals surface area contributed by atoms with Gasteiger partial charge in [-0.2, -0.15) is 0 Å². The predicted molar refractivity (Wildman–Crippen MR) is 57.2 cm³/mol. The van der Waals surface area contributed by atoms with Crippen LogP contribution < -0.4 is 0 Å². The molecule has 0 nitrogen and oxygen atoms in total. The van der Waals surface area contributed by atoms with Gasteiger partial charge in [0.25, 0.3) is 0 Å². The first kappa shape index (κ1) is 8.83. The Hall–Kier alpha value is -0.750. The molecule has 1 aromatic carbocycles. The first-order valence-corrected chi connectivity index (χ1v) is 5.15. The minimum Gasteiger partial charge on any atom is -0.118 e. The van der Waals surface area contributed by atoms with Crippen LogP contribution in [0.2, 0.25) is 0 Å². The molecule has 2 rings (SSSR count). The summed E-state index contributed by atoms with van der Waals surface area (Å²) in [6.45, 7) is 0. The monoisotopic (exact) mass is 192 g/mol. The fourth-order valence-electron chi connectivity index (χ4n) is 1.83. The number of benzene rings is 1. The average molecular weight is 193 g/mol. The van der Waals surface area contributed by atoms with E-state index in [1.54, 1.807) is 0 Å². The summed E-state index contributed by atoms with van der Waals surface area (Å²) >= 11 is 6.07. The summed E-state index contributed by atoms with van der Waals surface area (Å²) in [6, 6.07) is 10.6. The molecule has 0 aromatic heterocycles. The zero-order valence-corrected chi connectivity index (χ0v) is 8.24. The number of allylic oxidation sites excluding steroid dienone is 2. The van der Waals surface area contributed by atoms with Crippen molar-refractivity contribution in [2.45, 2.75) is 24.1 Å². The minimum atomic E-state index is 0.221. The molecule has 0 unspecified atom stereocenters. The number of hydrogen-bond acceptors (Lipinski definition) is 0.